The summed E-state index contributed by atoms with van der Waals surface area (Å²) in [6.45, 7) is 11.6. The first-order valence-corrected chi connectivity index (χ1v) is 5.44. The van der Waals surface area contributed by atoms with Gasteiger partial charge in [0.1, 0.15) is 5.75 Å². The highest BCUT2D eigenvalue weighted by Gasteiger charge is 1.95. The summed E-state index contributed by atoms with van der Waals surface area (Å²) in [5.41, 5.74) is 2.02. The second-order valence-electron chi connectivity index (χ2n) is 3.32. The quantitative estimate of drug-likeness (QED) is 0.734. The van der Waals surface area contributed by atoms with E-state index in [1.54, 1.807) is 24.3 Å². The van der Waals surface area contributed by atoms with Crippen LogP contribution in [-0.2, 0) is 0 Å². The van der Waals surface area contributed by atoms with Gasteiger partial charge in [-0.05, 0) is 23.3 Å². The van der Waals surface area contributed by atoms with E-state index in [1.165, 1.54) is 6.42 Å². The highest BCUT2D eigenvalue weighted by Crippen LogP contribution is 2.18. The fraction of sp³-hybridized carbons (Fsp3) is 0.200. The van der Waals surface area contributed by atoms with Crippen molar-refractivity contribution in [2.24, 2.45) is 0 Å². The van der Waals surface area contributed by atoms with Gasteiger partial charge in [-0.15, -0.1) is 0 Å². The number of benzene rings is 1. The summed E-state index contributed by atoms with van der Waals surface area (Å²) in [5.74, 6) is 0.269. The highest BCUT2D eigenvalue weighted by atomic mass is 16.3. The van der Waals surface area contributed by atoms with Crippen LogP contribution in [0.2, 0.25) is 0 Å². The molecule has 0 spiro atoms. The van der Waals surface area contributed by atoms with Crippen LogP contribution in [0.15, 0.2) is 55.7 Å². The van der Waals surface area contributed by atoms with Gasteiger partial charge in [-0.3, -0.25) is 0 Å². The van der Waals surface area contributed by atoms with Crippen LogP contribution in [0.1, 0.15) is 25.8 Å². The Balaban J connectivity index is 0.000000673. The molecule has 1 N–H and O–H groups in total. The predicted octanol–water partition coefficient (Wildman–Crippen LogP) is 4.56. The molecule has 0 amide bonds. The zero-order valence-electron chi connectivity index (χ0n) is 10.1. The van der Waals surface area contributed by atoms with Crippen LogP contribution in [-0.4, -0.2) is 5.11 Å². The van der Waals surface area contributed by atoms with Gasteiger partial charge in [0, 0.05) is 0 Å². The molecular weight excluding hydrogens is 196 g/mol. The van der Waals surface area contributed by atoms with Crippen LogP contribution >= 0.6 is 0 Å². The van der Waals surface area contributed by atoms with Crippen molar-refractivity contribution < 1.29 is 5.11 Å². The lowest BCUT2D eigenvalue weighted by Crippen LogP contribution is -1.78. The van der Waals surface area contributed by atoms with Crippen molar-refractivity contribution >= 4 is 5.57 Å². The van der Waals surface area contributed by atoms with E-state index < -0.39 is 0 Å². The van der Waals surface area contributed by atoms with Gasteiger partial charge in [0.2, 0.25) is 0 Å². The first-order chi connectivity index (χ1) is 7.69. The molecule has 0 heterocycles. The van der Waals surface area contributed by atoms with E-state index in [9.17, 15) is 0 Å². The minimum atomic E-state index is 0.269. The zero-order chi connectivity index (χ0) is 12.4. The summed E-state index contributed by atoms with van der Waals surface area (Å²) in [5, 5.41) is 9.08. The number of rotatable bonds is 3. The van der Waals surface area contributed by atoms with Crippen molar-refractivity contribution in [2.45, 2.75) is 20.3 Å². The number of hydrogen-bond acceptors (Lipinski definition) is 1. The average molecular weight is 216 g/mol. The highest BCUT2D eigenvalue weighted by molar-refractivity contribution is 5.74. The largest absolute Gasteiger partial charge is 0.508 e. The number of hydrogen-bond donors (Lipinski definition) is 1. The standard InChI is InChI=1S/C12H12O.C3H8/c1-3-5-10(4-2)11-6-8-12(13)9-7-11;1-3-2/h3-9,13H,1-2H2;3H2,1-2H3/b10-5+;. The Hall–Kier alpha value is -1.76. The van der Waals surface area contributed by atoms with Gasteiger partial charge in [-0.1, -0.05) is 63.8 Å². The smallest absolute Gasteiger partial charge is 0.115 e. The minimum absolute atomic E-state index is 0.269. The van der Waals surface area contributed by atoms with Gasteiger partial charge >= 0.3 is 0 Å². The van der Waals surface area contributed by atoms with E-state index in [0.29, 0.717) is 0 Å². The first kappa shape index (κ1) is 14.2. The Morgan fingerprint density at radius 3 is 2.06 bits per heavy atom. The van der Waals surface area contributed by atoms with Crippen molar-refractivity contribution in [2.75, 3.05) is 0 Å². The van der Waals surface area contributed by atoms with E-state index in [-0.39, 0.29) is 5.75 Å². The number of allylic oxidation sites excluding steroid dienone is 4. The van der Waals surface area contributed by atoms with Crippen LogP contribution in [0, 0.1) is 0 Å². The van der Waals surface area contributed by atoms with Crippen LogP contribution in [0.25, 0.3) is 5.57 Å². The Morgan fingerprint density at radius 1 is 1.19 bits per heavy atom. The van der Waals surface area contributed by atoms with E-state index in [2.05, 4.69) is 27.0 Å². The van der Waals surface area contributed by atoms with E-state index in [4.69, 9.17) is 5.11 Å². The van der Waals surface area contributed by atoms with Crippen molar-refractivity contribution in [3.8, 4) is 5.75 Å². The molecule has 1 aromatic carbocycles. The summed E-state index contributed by atoms with van der Waals surface area (Å²) in [4.78, 5) is 0. The lowest BCUT2D eigenvalue weighted by molar-refractivity contribution is 0.475. The fourth-order valence-corrected chi connectivity index (χ4v) is 1.06. The third-order valence-corrected chi connectivity index (χ3v) is 1.72. The molecule has 1 heteroatoms. The molecule has 0 unspecified atom stereocenters. The fourth-order valence-electron chi connectivity index (χ4n) is 1.06. The lowest BCUT2D eigenvalue weighted by atomic mass is 10.1. The SMILES string of the molecule is C=C/C=C(\C=C)c1ccc(O)cc1.CCC. The van der Waals surface area contributed by atoms with Crippen molar-refractivity contribution in [1.29, 1.82) is 0 Å². The summed E-state index contributed by atoms with van der Waals surface area (Å²) in [7, 11) is 0. The Bertz CT molecular complexity index is 344. The van der Waals surface area contributed by atoms with Crippen molar-refractivity contribution in [1.82, 2.24) is 0 Å². The van der Waals surface area contributed by atoms with Gasteiger partial charge in [-0.2, -0.15) is 0 Å². The van der Waals surface area contributed by atoms with Crippen LogP contribution in [0.4, 0.5) is 0 Å². The van der Waals surface area contributed by atoms with Gasteiger partial charge in [0.25, 0.3) is 0 Å². The summed E-state index contributed by atoms with van der Waals surface area (Å²) >= 11 is 0. The molecule has 16 heavy (non-hydrogen) atoms. The van der Waals surface area contributed by atoms with Crippen molar-refractivity contribution in [3.63, 3.8) is 0 Å². The lowest BCUT2D eigenvalue weighted by Gasteiger charge is -2.00. The van der Waals surface area contributed by atoms with E-state index in [0.717, 1.165) is 11.1 Å². The van der Waals surface area contributed by atoms with Gasteiger partial charge in [0.05, 0.1) is 0 Å². The third-order valence-electron chi connectivity index (χ3n) is 1.72. The monoisotopic (exact) mass is 216 g/mol. The van der Waals surface area contributed by atoms with Crippen LogP contribution in [0.3, 0.4) is 0 Å². The zero-order valence-corrected chi connectivity index (χ0v) is 10.1. The maximum absolute atomic E-state index is 9.08. The van der Waals surface area contributed by atoms with Crippen LogP contribution in [0.5, 0.6) is 5.75 Å². The maximum atomic E-state index is 9.08. The number of aromatic hydroxyl groups is 1. The van der Waals surface area contributed by atoms with E-state index >= 15 is 0 Å². The third kappa shape index (κ3) is 5.20. The van der Waals surface area contributed by atoms with Gasteiger partial charge in [-0.25, -0.2) is 0 Å². The summed E-state index contributed by atoms with van der Waals surface area (Å²) < 4.78 is 0. The number of phenols is 1. The summed E-state index contributed by atoms with van der Waals surface area (Å²) in [6.07, 6.45) is 6.59. The van der Waals surface area contributed by atoms with Gasteiger partial charge in [0.15, 0.2) is 0 Å². The first-order valence-electron chi connectivity index (χ1n) is 5.44. The molecule has 0 aliphatic heterocycles. The molecule has 0 aromatic heterocycles. The van der Waals surface area contributed by atoms with Crippen molar-refractivity contribution in [3.05, 3.63) is 61.2 Å². The molecule has 0 radical (unpaired) electrons. The minimum Gasteiger partial charge on any atom is -0.508 e. The molecule has 1 rings (SSSR count). The van der Waals surface area contributed by atoms with E-state index in [1.807, 2.05) is 18.2 Å². The molecule has 1 aromatic rings. The molecule has 0 bridgehead atoms. The molecule has 1 nitrogen and oxygen atoms in total. The molecule has 0 aliphatic carbocycles. The molecule has 86 valence electrons. The molecule has 0 atom stereocenters. The molecule has 0 saturated heterocycles. The maximum Gasteiger partial charge on any atom is 0.115 e. The second kappa shape index (κ2) is 8.54. The predicted molar refractivity (Wildman–Crippen MR) is 72.4 cm³/mol. The molecule has 0 aliphatic rings. The Kier molecular flexibility index (Phi) is 7.60. The average Bonchev–Trinajstić information content (AvgIpc) is 2.28. The Morgan fingerprint density at radius 2 is 1.69 bits per heavy atom. The van der Waals surface area contributed by atoms with Crippen LogP contribution < -0.4 is 0 Å². The van der Waals surface area contributed by atoms with Gasteiger partial charge < -0.3 is 5.11 Å². The Labute approximate surface area is 98.4 Å². The topological polar surface area (TPSA) is 20.2 Å². The number of phenolic OH excluding ortho intramolecular Hbond substituents is 1. The molecule has 0 saturated carbocycles. The second-order valence-corrected chi connectivity index (χ2v) is 3.32. The molecule has 0 fully saturated rings. The summed E-state index contributed by atoms with van der Waals surface area (Å²) in [6, 6.07) is 6.98. The molecular formula is C15H20O. The normalized spacial score (nSPS) is 10.0.